The van der Waals surface area contributed by atoms with Crippen LogP contribution in [0.1, 0.15) is 32.6 Å². The molecule has 0 aromatic carbocycles. The van der Waals surface area contributed by atoms with Crippen LogP contribution in [0.3, 0.4) is 0 Å². The van der Waals surface area contributed by atoms with Crippen molar-refractivity contribution in [3.63, 3.8) is 0 Å². The van der Waals surface area contributed by atoms with E-state index >= 15 is 0 Å². The van der Waals surface area contributed by atoms with Crippen LogP contribution >= 0.6 is 0 Å². The number of nitrogens with two attached hydrogens (primary N) is 1. The van der Waals surface area contributed by atoms with Crippen LogP contribution in [0, 0.1) is 5.92 Å². The number of rotatable bonds is 4. The van der Waals surface area contributed by atoms with E-state index in [4.69, 9.17) is 5.84 Å². The van der Waals surface area contributed by atoms with Gasteiger partial charge in [0, 0.05) is 6.04 Å². The maximum absolute atomic E-state index is 5.35. The van der Waals surface area contributed by atoms with Gasteiger partial charge in [0.1, 0.15) is 0 Å². The van der Waals surface area contributed by atoms with Gasteiger partial charge >= 0.3 is 0 Å². The molecule has 2 heteroatoms. The number of nitrogens with one attached hydrogen (secondary N) is 1. The Balaban J connectivity index is 2.12. The zero-order chi connectivity index (χ0) is 6.69. The topological polar surface area (TPSA) is 38.0 Å². The Morgan fingerprint density at radius 3 is 2.67 bits per heavy atom. The summed E-state index contributed by atoms with van der Waals surface area (Å²) >= 11 is 0. The maximum Gasteiger partial charge on any atom is 0.0238 e. The van der Waals surface area contributed by atoms with Crippen LogP contribution in [-0.2, 0) is 0 Å². The van der Waals surface area contributed by atoms with E-state index in [0.29, 0.717) is 6.04 Å². The molecular weight excluding hydrogens is 112 g/mol. The fraction of sp³-hybridized carbons (Fsp3) is 1.00. The first-order valence-electron chi connectivity index (χ1n) is 3.84. The second kappa shape index (κ2) is 3.18. The summed E-state index contributed by atoms with van der Waals surface area (Å²) in [6.45, 7) is 2.20. The second-order valence-corrected chi connectivity index (χ2v) is 2.90. The normalized spacial score (nSPS) is 22.0. The molecule has 0 bridgehead atoms. The highest BCUT2D eigenvalue weighted by Gasteiger charge is 2.29. The lowest BCUT2D eigenvalue weighted by molar-refractivity contribution is 0.441. The summed E-state index contributed by atoms with van der Waals surface area (Å²) in [5, 5.41) is 0. The summed E-state index contributed by atoms with van der Waals surface area (Å²) in [4.78, 5) is 0. The molecule has 2 nitrogen and oxygen atoms in total. The standard InChI is InChI=1S/C7H16N2/c1-2-3-7(9-8)6-4-5-6/h6-7,9H,2-5,8H2,1H3. The van der Waals surface area contributed by atoms with Gasteiger partial charge in [0.2, 0.25) is 0 Å². The third-order valence-electron chi connectivity index (χ3n) is 2.00. The van der Waals surface area contributed by atoms with Crippen molar-refractivity contribution >= 4 is 0 Å². The minimum Gasteiger partial charge on any atom is -0.271 e. The van der Waals surface area contributed by atoms with Crippen molar-refractivity contribution in [3.8, 4) is 0 Å². The minimum atomic E-state index is 0.606. The molecule has 0 heterocycles. The van der Waals surface area contributed by atoms with Gasteiger partial charge in [-0.1, -0.05) is 13.3 Å². The molecule has 1 aliphatic rings. The predicted octanol–water partition coefficient (Wildman–Crippen LogP) is 1.03. The second-order valence-electron chi connectivity index (χ2n) is 2.90. The molecule has 0 spiro atoms. The van der Waals surface area contributed by atoms with Gasteiger partial charge in [-0.15, -0.1) is 0 Å². The van der Waals surface area contributed by atoms with Gasteiger partial charge in [0.25, 0.3) is 0 Å². The Hall–Kier alpha value is -0.0800. The molecule has 1 fully saturated rings. The summed E-state index contributed by atoms with van der Waals surface area (Å²) < 4.78 is 0. The van der Waals surface area contributed by atoms with Gasteiger partial charge in [0.15, 0.2) is 0 Å². The summed E-state index contributed by atoms with van der Waals surface area (Å²) in [7, 11) is 0. The lowest BCUT2D eigenvalue weighted by Crippen LogP contribution is -2.36. The molecule has 1 saturated carbocycles. The molecule has 0 aromatic heterocycles. The smallest absolute Gasteiger partial charge is 0.0238 e. The molecule has 0 radical (unpaired) electrons. The monoisotopic (exact) mass is 128 g/mol. The Morgan fingerprint density at radius 1 is 1.67 bits per heavy atom. The van der Waals surface area contributed by atoms with Crippen molar-refractivity contribution in [1.29, 1.82) is 0 Å². The van der Waals surface area contributed by atoms with E-state index in [9.17, 15) is 0 Å². The van der Waals surface area contributed by atoms with Gasteiger partial charge < -0.3 is 0 Å². The molecule has 54 valence electrons. The number of hydrazine groups is 1. The fourth-order valence-corrected chi connectivity index (χ4v) is 1.26. The minimum absolute atomic E-state index is 0.606. The van der Waals surface area contributed by atoms with Crippen LogP contribution in [0.5, 0.6) is 0 Å². The van der Waals surface area contributed by atoms with Crippen LogP contribution in [-0.4, -0.2) is 6.04 Å². The molecule has 0 aliphatic heterocycles. The van der Waals surface area contributed by atoms with Gasteiger partial charge in [-0.3, -0.25) is 11.3 Å². The van der Waals surface area contributed by atoms with Crippen molar-refractivity contribution < 1.29 is 0 Å². The Bertz CT molecular complexity index is 79.0. The van der Waals surface area contributed by atoms with Crippen LogP contribution < -0.4 is 11.3 Å². The summed E-state index contributed by atoms with van der Waals surface area (Å²) in [6.07, 6.45) is 5.25. The first-order chi connectivity index (χ1) is 4.38. The lowest BCUT2D eigenvalue weighted by Gasteiger charge is -2.12. The van der Waals surface area contributed by atoms with Gasteiger partial charge in [-0.25, -0.2) is 0 Å². The van der Waals surface area contributed by atoms with Crippen LogP contribution in [0.4, 0.5) is 0 Å². The average molecular weight is 128 g/mol. The quantitative estimate of drug-likeness (QED) is 0.438. The molecule has 0 amide bonds. The van der Waals surface area contributed by atoms with E-state index in [1.807, 2.05) is 0 Å². The SMILES string of the molecule is CCCC(NN)C1CC1. The summed E-state index contributed by atoms with van der Waals surface area (Å²) in [5.41, 5.74) is 2.86. The van der Waals surface area contributed by atoms with Crippen LogP contribution in [0.15, 0.2) is 0 Å². The Morgan fingerprint density at radius 2 is 2.33 bits per heavy atom. The van der Waals surface area contributed by atoms with Crippen molar-refractivity contribution in [2.24, 2.45) is 11.8 Å². The molecule has 0 aromatic rings. The van der Waals surface area contributed by atoms with Gasteiger partial charge in [0.05, 0.1) is 0 Å². The molecule has 1 rings (SSSR count). The molecule has 9 heavy (non-hydrogen) atoms. The van der Waals surface area contributed by atoms with Crippen LogP contribution in [0.25, 0.3) is 0 Å². The average Bonchev–Trinajstić information content (AvgIpc) is 2.64. The summed E-state index contributed by atoms with van der Waals surface area (Å²) in [6, 6.07) is 0.606. The third-order valence-corrected chi connectivity index (χ3v) is 2.00. The first-order valence-corrected chi connectivity index (χ1v) is 3.84. The van der Waals surface area contributed by atoms with E-state index in [1.165, 1.54) is 25.7 Å². The zero-order valence-corrected chi connectivity index (χ0v) is 6.06. The fourth-order valence-electron chi connectivity index (χ4n) is 1.26. The van der Waals surface area contributed by atoms with E-state index in [0.717, 1.165) is 5.92 Å². The Labute approximate surface area is 56.8 Å². The largest absolute Gasteiger partial charge is 0.271 e. The highest BCUT2D eigenvalue weighted by atomic mass is 15.2. The van der Waals surface area contributed by atoms with Crippen LogP contribution in [0.2, 0.25) is 0 Å². The van der Waals surface area contributed by atoms with Gasteiger partial charge in [-0.05, 0) is 25.2 Å². The molecule has 3 N–H and O–H groups in total. The summed E-state index contributed by atoms with van der Waals surface area (Å²) in [5.74, 6) is 6.25. The number of hydrogen-bond donors (Lipinski definition) is 2. The van der Waals surface area contributed by atoms with Gasteiger partial charge in [-0.2, -0.15) is 0 Å². The molecule has 1 aliphatic carbocycles. The lowest BCUT2D eigenvalue weighted by atomic mass is 10.1. The van der Waals surface area contributed by atoms with E-state index in [2.05, 4.69) is 12.3 Å². The molecule has 1 unspecified atom stereocenters. The maximum atomic E-state index is 5.35. The van der Waals surface area contributed by atoms with Crippen molar-refractivity contribution in [2.75, 3.05) is 0 Å². The van der Waals surface area contributed by atoms with Crippen molar-refractivity contribution in [3.05, 3.63) is 0 Å². The zero-order valence-electron chi connectivity index (χ0n) is 6.06. The van der Waals surface area contributed by atoms with E-state index < -0.39 is 0 Å². The first kappa shape index (κ1) is 7.03. The van der Waals surface area contributed by atoms with Crippen molar-refractivity contribution in [1.82, 2.24) is 5.43 Å². The molecular formula is C7H16N2. The highest BCUT2D eigenvalue weighted by molar-refractivity contribution is 4.84. The Kier molecular flexibility index (Phi) is 2.49. The predicted molar refractivity (Wildman–Crippen MR) is 38.7 cm³/mol. The molecule has 1 atom stereocenters. The third kappa shape index (κ3) is 1.95. The number of hydrogen-bond acceptors (Lipinski definition) is 2. The highest BCUT2D eigenvalue weighted by Crippen LogP contribution is 2.33. The van der Waals surface area contributed by atoms with E-state index in [1.54, 1.807) is 0 Å². The van der Waals surface area contributed by atoms with Crippen molar-refractivity contribution in [2.45, 2.75) is 38.6 Å². The molecule has 0 saturated heterocycles. The van der Waals surface area contributed by atoms with E-state index in [-0.39, 0.29) is 0 Å².